The van der Waals surface area contributed by atoms with Gasteiger partial charge in [0.1, 0.15) is 5.65 Å². The van der Waals surface area contributed by atoms with Gasteiger partial charge in [0.05, 0.1) is 28.1 Å². The zero-order chi connectivity index (χ0) is 33.7. The first-order valence-electron chi connectivity index (χ1n) is 17.1. The summed E-state index contributed by atoms with van der Waals surface area (Å²) in [5.74, 6) is 0.722. The van der Waals surface area contributed by atoms with Gasteiger partial charge in [-0.05, 0) is 35.4 Å². The highest BCUT2D eigenvalue weighted by Crippen LogP contribution is 2.37. The zero-order valence-electron chi connectivity index (χ0n) is 27.5. The molecule has 4 heterocycles. The van der Waals surface area contributed by atoms with Gasteiger partial charge in [-0.25, -0.2) is 19.9 Å². The minimum Gasteiger partial charge on any atom is -0.306 e. The molecule has 0 spiro atoms. The highest BCUT2D eigenvalue weighted by Gasteiger charge is 2.17. The van der Waals surface area contributed by atoms with E-state index in [-0.39, 0.29) is 0 Å². The van der Waals surface area contributed by atoms with E-state index in [0.29, 0.717) is 0 Å². The van der Waals surface area contributed by atoms with E-state index in [2.05, 4.69) is 138 Å². The van der Waals surface area contributed by atoms with E-state index in [1.54, 1.807) is 0 Å². The van der Waals surface area contributed by atoms with Crippen molar-refractivity contribution in [1.29, 1.82) is 0 Å². The molecule has 0 N–H and O–H groups in total. The Labute approximate surface area is 294 Å². The molecule has 0 atom stereocenters. The first-order chi connectivity index (χ1) is 25.3. The Morgan fingerprint density at radius 1 is 0.373 bits per heavy atom. The lowest BCUT2D eigenvalue weighted by Crippen LogP contribution is -1.95. The number of para-hydroxylation sites is 2. The summed E-state index contributed by atoms with van der Waals surface area (Å²) in [5.41, 5.74) is 12.0. The summed E-state index contributed by atoms with van der Waals surface area (Å²) in [6.45, 7) is 0. The lowest BCUT2D eigenvalue weighted by Gasteiger charge is -2.13. The quantitative estimate of drug-likeness (QED) is 0.174. The van der Waals surface area contributed by atoms with Gasteiger partial charge in [-0.2, -0.15) is 0 Å². The number of aromatic nitrogens is 5. The average molecular weight is 652 g/mol. The van der Waals surface area contributed by atoms with Crippen molar-refractivity contribution in [2.75, 3.05) is 0 Å². The second-order valence-electron chi connectivity index (χ2n) is 12.7. The molecule has 51 heavy (non-hydrogen) atoms. The molecule has 238 valence electrons. The third kappa shape index (κ3) is 5.03. The van der Waals surface area contributed by atoms with Crippen LogP contribution in [-0.4, -0.2) is 24.3 Å². The van der Waals surface area contributed by atoms with Crippen LogP contribution >= 0.6 is 0 Å². The van der Waals surface area contributed by atoms with Crippen LogP contribution in [0.2, 0.25) is 0 Å². The van der Waals surface area contributed by atoms with E-state index in [0.717, 1.165) is 94.5 Å². The van der Waals surface area contributed by atoms with Crippen LogP contribution in [0.3, 0.4) is 0 Å². The maximum atomic E-state index is 5.24. The fraction of sp³-hybridized carbons (Fsp3) is 0. The zero-order valence-corrected chi connectivity index (χ0v) is 27.5. The van der Waals surface area contributed by atoms with Gasteiger partial charge in [-0.1, -0.05) is 140 Å². The minimum atomic E-state index is 0.722. The number of imidazole rings is 1. The second-order valence-corrected chi connectivity index (χ2v) is 12.7. The summed E-state index contributed by atoms with van der Waals surface area (Å²) in [7, 11) is 0. The molecule has 5 nitrogen and oxygen atoms in total. The smallest absolute Gasteiger partial charge is 0.160 e. The molecule has 5 heteroatoms. The maximum Gasteiger partial charge on any atom is 0.160 e. The minimum absolute atomic E-state index is 0.722. The summed E-state index contributed by atoms with van der Waals surface area (Å²) in [4.78, 5) is 20.4. The van der Waals surface area contributed by atoms with Gasteiger partial charge < -0.3 is 4.40 Å². The first kappa shape index (κ1) is 29.0. The van der Waals surface area contributed by atoms with Crippen molar-refractivity contribution >= 4 is 38.2 Å². The fourth-order valence-corrected chi connectivity index (χ4v) is 7.12. The molecule has 0 aliphatic heterocycles. The van der Waals surface area contributed by atoms with Gasteiger partial charge in [0.2, 0.25) is 0 Å². The van der Waals surface area contributed by atoms with Crippen molar-refractivity contribution in [3.8, 4) is 56.3 Å². The molecule has 10 rings (SSSR count). The third-order valence-electron chi connectivity index (χ3n) is 9.62. The largest absolute Gasteiger partial charge is 0.306 e. The summed E-state index contributed by atoms with van der Waals surface area (Å²) < 4.78 is 2.13. The number of benzene rings is 6. The number of rotatable bonds is 5. The van der Waals surface area contributed by atoms with Crippen molar-refractivity contribution in [3.05, 3.63) is 176 Å². The normalized spacial score (nSPS) is 11.5. The SMILES string of the molecule is c1ccc(-c2cn3ccc4c(-c5cccc(-c6ccc(-c7nc(-c8ccccc8)nc8ccccc78)cc6)c5)nc5ccccc5c4c3n2)cc1. The Kier molecular flexibility index (Phi) is 6.74. The second kappa shape index (κ2) is 11.9. The molecular weight excluding hydrogens is 623 g/mol. The number of nitrogens with zero attached hydrogens (tertiary/aromatic N) is 5. The topological polar surface area (TPSA) is 56.0 Å². The van der Waals surface area contributed by atoms with Gasteiger partial charge in [0, 0.05) is 56.2 Å². The molecule has 6 aromatic carbocycles. The van der Waals surface area contributed by atoms with Crippen LogP contribution in [0.4, 0.5) is 0 Å². The van der Waals surface area contributed by atoms with Gasteiger partial charge in [-0.3, -0.25) is 0 Å². The van der Waals surface area contributed by atoms with Crippen LogP contribution in [0.15, 0.2) is 176 Å². The van der Waals surface area contributed by atoms with E-state index < -0.39 is 0 Å². The standard InChI is InChI=1S/C46H29N5/c1-3-12-31(13-4-1)41-29-51-27-26-38-42(46(51)49-41)36-18-7-9-20-39(36)47-44(38)35-17-11-16-34(28-35)30-22-24-32(25-23-30)43-37-19-8-10-21-40(37)48-45(50-43)33-14-5-2-6-15-33/h1-29H. The highest BCUT2D eigenvalue weighted by molar-refractivity contribution is 6.16. The maximum absolute atomic E-state index is 5.24. The van der Waals surface area contributed by atoms with Crippen molar-refractivity contribution in [3.63, 3.8) is 0 Å². The molecule has 0 bridgehead atoms. The van der Waals surface area contributed by atoms with Crippen LogP contribution in [0.1, 0.15) is 0 Å². The predicted octanol–water partition coefficient (Wildman–Crippen LogP) is 11.3. The Bertz CT molecular complexity index is 2900. The lowest BCUT2D eigenvalue weighted by molar-refractivity contribution is 1.20. The number of hydrogen-bond donors (Lipinski definition) is 0. The molecule has 0 radical (unpaired) electrons. The summed E-state index contributed by atoms with van der Waals surface area (Å²) in [6.07, 6.45) is 4.20. The molecule has 0 aliphatic rings. The molecule has 0 aliphatic carbocycles. The van der Waals surface area contributed by atoms with Crippen molar-refractivity contribution in [2.45, 2.75) is 0 Å². The Morgan fingerprint density at radius 2 is 0.980 bits per heavy atom. The Balaban J connectivity index is 1.08. The van der Waals surface area contributed by atoms with Gasteiger partial charge >= 0.3 is 0 Å². The molecule has 0 saturated carbocycles. The predicted molar refractivity (Wildman–Crippen MR) is 208 cm³/mol. The van der Waals surface area contributed by atoms with Gasteiger partial charge in [0.15, 0.2) is 5.82 Å². The molecule has 0 unspecified atom stereocenters. The Morgan fingerprint density at radius 3 is 1.76 bits per heavy atom. The number of fused-ring (bicyclic) bond motifs is 6. The molecule has 0 saturated heterocycles. The van der Waals surface area contributed by atoms with Crippen LogP contribution in [0.5, 0.6) is 0 Å². The molecule has 4 aromatic heterocycles. The first-order valence-corrected chi connectivity index (χ1v) is 17.1. The lowest BCUT2D eigenvalue weighted by atomic mass is 9.96. The summed E-state index contributed by atoms with van der Waals surface area (Å²) >= 11 is 0. The number of pyridine rings is 2. The van der Waals surface area contributed by atoms with Crippen LogP contribution < -0.4 is 0 Å². The summed E-state index contributed by atoms with van der Waals surface area (Å²) in [5, 5.41) is 4.29. The van der Waals surface area contributed by atoms with Crippen molar-refractivity contribution in [1.82, 2.24) is 24.3 Å². The molecular formula is C46H29N5. The van der Waals surface area contributed by atoms with E-state index >= 15 is 0 Å². The van der Waals surface area contributed by atoms with Crippen LogP contribution in [0.25, 0.3) is 94.5 Å². The third-order valence-corrected chi connectivity index (χ3v) is 9.62. The van der Waals surface area contributed by atoms with Gasteiger partial charge in [-0.15, -0.1) is 0 Å². The molecule has 0 amide bonds. The summed E-state index contributed by atoms with van der Waals surface area (Å²) in [6, 6.07) is 56.6. The monoisotopic (exact) mass is 651 g/mol. The van der Waals surface area contributed by atoms with Crippen LogP contribution in [0, 0.1) is 0 Å². The van der Waals surface area contributed by atoms with Crippen molar-refractivity contribution < 1.29 is 0 Å². The molecule has 10 aromatic rings. The van der Waals surface area contributed by atoms with E-state index in [1.807, 2.05) is 42.5 Å². The number of hydrogen-bond acceptors (Lipinski definition) is 4. The highest BCUT2D eigenvalue weighted by atomic mass is 15.0. The van der Waals surface area contributed by atoms with Crippen LogP contribution in [-0.2, 0) is 0 Å². The van der Waals surface area contributed by atoms with E-state index in [9.17, 15) is 0 Å². The Hall–Kier alpha value is -6.98. The van der Waals surface area contributed by atoms with E-state index in [1.165, 1.54) is 0 Å². The van der Waals surface area contributed by atoms with Gasteiger partial charge in [0.25, 0.3) is 0 Å². The van der Waals surface area contributed by atoms with E-state index in [4.69, 9.17) is 19.9 Å². The fourth-order valence-electron chi connectivity index (χ4n) is 7.12. The molecule has 0 fully saturated rings. The average Bonchev–Trinajstić information content (AvgIpc) is 3.66. The van der Waals surface area contributed by atoms with Crippen molar-refractivity contribution in [2.24, 2.45) is 0 Å².